The average molecular weight is 281 g/mol. The lowest BCUT2D eigenvalue weighted by molar-refractivity contribution is -0.274. The number of alkyl halides is 3. The van der Waals surface area contributed by atoms with Gasteiger partial charge in [-0.1, -0.05) is 18.2 Å². The van der Waals surface area contributed by atoms with E-state index in [1.54, 1.807) is 19.1 Å². The third kappa shape index (κ3) is 3.14. The smallest absolute Gasteiger partial charge is 0.405 e. The zero-order chi connectivity index (χ0) is 14.8. The van der Waals surface area contributed by atoms with Crippen LogP contribution in [0.25, 0.3) is 0 Å². The number of pyridine rings is 1. The fourth-order valence-corrected chi connectivity index (χ4v) is 1.72. The molecule has 1 aromatic heterocycles. The first kappa shape index (κ1) is 14.0. The van der Waals surface area contributed by atoms with Crippen LogP contribution in [-0.4, -0.2) is 17.1 Å². The highest BCUT2D eigenvalue weighted by Gasteiger charge is 2.33. The minimum absolute atomic E-state index is 0.103. The van der Waals surface area contributed by atoms with Gasteiger partial charge in [-0.15, -0.1) is 13.2 Å². The van der Waals surface area contributed by atoms with Gasteiger partial charge in [-0.3, -0.25) is 9.78 Å². The van der Waals surface area contributed by atoms with Crippen molar-refractivity contribution >= 4 is 5.78 Å². The molecule has 0 aliphatic heterocycles. The topological polar surface area (TPSA) is 39.2 Å². The van der Waals surface area contributed by atoms with E-state index in [1.165, 1.54) is 24.4 Å². The fourth-order valence-electron chi connectivity index (χ4n) is 1.72. The first-order valence-electron chi connectivity index (χ1n) is 5.69. The molecule has 1 heterocycles. The van der Waals surface area contributed by atoms with Crippen molar-refractivity contribution in [2.45, 2.75) is 13.3 Å². The molecule has 1 aromatic carbocycles. The molecule has 0 N–H and O–H groups in total. The number of hydrogen-bond donors (Lipinski definition) is 0. The van der Waals surface area contributed by atoms with Crippen LogP contribution in [0.1, 0.15) is 21.6 Å². The molecule has 0 atom stereocenters. The minimum Gasteiger partial charge on any atom is -0.405 e. The Hall–Kier alpha value is -2.37. The van der Waals surface area contributed by atoms with Gasteiger partial charge in [0.05, 0.1) is 5.56 Å². The van der Waals surface area contributed by atoms with E-state index in [0.29, 0.717) is 5.56 Å². The van der Waals surface area contributed by atoms with Crippen molar-refractivity contribution in [3.8, 4) is 5.75 Å². The number of aryl methyl sites for hydroxylation is 1. The molecule has 0 bridgehead atoms. The number of carbonyl (C=O) groups excluding carboxylic acids is 1. The molecule has 6 heteroatoms. The number of nitrogens with zero attached hydrogens (tertiary/aromatic N) is 1. The third-order valence-electron chi connectivity index (χ3n) is 2.58. The Kier molecular flexibility index (Phi) is 3.74. The average Bonchev–Trinajstić information content (AvgIpc) is 2.37. The summed E-state index contributed by atoms with van der Waals surface area (Å²) in [6, 6.07) is 8.51. The fraction of sp³-hybridized carbons (Fsp3) is 0.143. The predicted octanol–water partition coefficient (Wildman–Crippen LogP) is 3.52. The second-order valence-electron chi connectivity index (χ2n) is 4.04. The Labute approximate surface area is 113 Å². The van der Waals surface area contributed by atoms with Gasteiger partial charge in [-0.2, -0.15) is 0 Å². The standard InChI is InChI=1S/C14H10F3NO2/c1-9-5-4-8-18-12(9)13(19)10-6-2-3-7-11(10)20-14(15,16)17/h2-8H,1H3. The van der Waals surface area contributed by atoms with Crippen LogP contribution < -0.4 is 4.74 Å². The van der Waals surface area contributed by atoms with Gasteiger partial charge < -0.3 is 4.74 Å². The summed E-state index contributed by atoms with van der Waals surface area (Å²) < 4.78 is 40.8. The SMILES string of the molecule is Cc1cccnc1C(=O)c1ccccc1OC(F)(F)F. The number of para-hydroxylation sites is 1. The van der Waals surface area contributed by atoms with Crippen LogP contribution in [0.4, 0.5) is 13.2 Å². The molecule has 0 saturated carbocycles. The molecular formula is C14H10F3NO2. The predicted molar refractivity (Wildman–Crippen MR) is 65.5 cm³/mol. The zero-order valence-electron chi connectivity index (χ0n) is 10.4. The molecule has 0 fully saturated rings. The summed E-state index contributed by atoms with van der Waals surface area (Å²) in [5.41, 5.74) is 0.511. The van der Waals surface area contributed by atoms with Crippen LogP contribution in [-0.2, 0) is 0 Å². The van der Waals surface area contributed by atoms with E-state index in [-0.39, 0.29) is 11.3 Å². The summed E-state index contributed by atoms with van der Waals surface area (Å²) in [4.78, 5) is 16.2. The lowest BCUT2D eigenvalue weighted by Crippen LogP contribution is -2.19. The Bertz CT molecular complexity index is 638. The zero-order valence-corrected chi connectivity index (χ0v) is 10.4. The van der Waals surface area contributed by atoms with Gasteiger partial charge in [0.15, 0.2) is 0 Å². The Morgan fingerprint density at radius 2 is 1.85 bits per heavy atom. The Morgan fingerprint density at radius 3 is 2.50 bits per heavy atom. The molecule has 2 rings (SSSR count). The van der Waals surface area contributed by atoms with E-state index in [1.807, 2.05) is 0 Å². The maximum absolute atomic E-state index is 12.3. The van der Waals surface area contributed by atoms with Gasteiger partial charge in [0.25, 0.3) is 0 Å². The highest BCUT2D eigenvalue weighted by Crippen LogP contribution is 2.28. The van der Waals surface area contributed by atoms with Crippen LogP contribution in [0.2, 0.25) is 0 Å². The molecular weight excluding hydrogens is 271 g/mol. The molecule has 0 aliphatic rings. The van der Waals surface area contributed by atoms with E-state index in [4.69, 9.17) is 0 Å². The molecule has 0 unspecified atom stereocenters. The van der Waals surface area contributed by atoms with Crippen LogP contribution in [0.5, 0.6) is 5.75 Å². The van der Waals surface area contributed by atoms with E-state index >= 15 is 0 Å². The van der Waals surface area contributed by atoms with Gasteiger partial charge >= 0.3 is 6.36 Å². The van der Waals surface area contributed by atoms with Crippen LogP contribution in [0, 0.1) is 6.92 Å². The molecule has 0 aliphatic carbocycles. The first-order valence-corrected chi connectivity index (χ1v) is 5.69. The second kappa shape index (κ2) is 5.32. The summed E-state index contributed by atoms with van der Waals surface area (Å²) in [6.45, 7) is 1.66. The summed E-state index contributed by atoms with van der Waals surface area (Å²) in [6.07, 6.45) is -3.44. The highest BCUT2D eigenvalue weighted by atomic mass is 19.4. The monoisotopic (exact) mass is 281 g/mol. The Morgan fingerprint density at radius 1 is 1.15 bits per heavy atom. The largest absolute Gasteiger partial charge is 0.573 e. The van der Waals surface area contributed by atoms with E-state index in [9.17, 15) is 18.0 Å². The number of rotatable bonds is 3. The highest BCUT2D eigenvalue weighted by molar-refractivity contribution is 6.10. The molecule has 20 heavy (non-hydrogen) atoms. The van der Waals surface area contributed by atoms with Crippen molar-refractivity contribution in [2.75, 3.05) is 0 Å². The van der Waals surface area contributed by atoms with Crippen LogP contribution >= 0.6 is 0 Å². The lowest BCUT2D eigenvalue weighted by atomic mass is 10.0. The summed E-state index contributed by atoms with van der Waals surface area (Å²) in [5, 5.41) is 0. The van der Waals surface area contributed by atoms with E-state index in [0.717, 1.165) is 6.07 Å². The second-order valence-corrected chi connectivity index (χ2v) is 4.04. The van der Waals surface area contributed by atoms with Crippen LogP contribution in [0.3, 0.4) is 0 Å². The van der Waals surface area contributed by atoms with Crippen molar-refractivity contribution < 1.29 is 22.7 Å². The first-order chi connectivity index (χ1) is 9.38. The van der Waals surface area contributed by atoms with Crippen molar-refractivity contribution in [3.05, 3.63) is 59.4 Å². The number of hydrogen-bond acceptors (Lipinski definition) is 3. The Balaban J connectivity index is 2.43. The number of benzene rings is 1. The van der Waals surface area contributed by atoms with E-state index < -0.39 is 17.9 Å². The molecule has 0 spiro atoms. The lowest BCUT2D eigenvalue weighted by Gasteiger charge is -2.12. The van der Waals surface area contributed by atoms with Crippen molar-refractivity contribution in [2.24, 2.45) is 0 Å². The molecule has 2 aromatic rings. The maximum Gasteiger partial charge on any atom is 0.573 e. The summed E-state index contributed by atoms with van der Waals surface area (Å²) >= 11 is 0. The maximum atomic E-state index is 12.3. The number of aromatic nitrogens is 1. The van der Waals surface area contributed by atoms with Gasteiger partial charge in [-0.25, -0.2) is 0 Å². The number of ketones is 1. The summed E-state index contributed by atoms with van der Waals surface area (Å²) in [7, 11) is 0. The quantitative estimate of drug-likeness (QED) is 0.808. The van der Waals surface area contributed by atoms with Gasteiger partial charge in [0.2, 0.25) is 5.78 Å². The summed E-state index contributed by atoms with van der Waals surface area (Å²) in [5.74, 6) is -1.14. The number of ether oxygens (including phenoxy) is 1. The normalized spacial score (nSPS) is 11.2. The molecule has 3 nitrogen and oxygen atoms in total. The van der Waals surface area contributed by atoms with E-state index in [2.05, 4.69) is 9.72 Å². The van der Waals surface area contributed by atoms with Crippen LogP contribution in [0.15, 0.2) is 42.6 Å². The number of carbonyl (C=O) groups is 1. The van der Waals surface area contributed by atoms with Crippen molar-refractivity contribution in [3.63, 3.8) is 0 Å². The van der Waals surface area contributed by atoms with Gasteiger partial charge in [0, 0.05) is 6.20 Å². The van der Waals surface area contributed by atoms with Crippen molar-refractivity contribution in [1.82, 2.24) is 4.98 Å². The van der Waals surface area contributed by atoms with Gasteiger partial charge in [0.1, 0.15) is 11.4 Å². The molecule has 104 valence electrons. The molecule has 0 amide bonds. The van der Waals surface area contributed by atoms with Gasteiger partial charge in [-0.05, 0) is 30.7 Å². The minimum atomic E-state index is -4.85. The third-order valence-corrected chi connectivity index (χ3v) is 2.58. The number of halogens is 3. The molecule has 0 radical (unpaired) electrons. The van der Waals surface area contributed by atoms with Crippen molar-refractivity contribution in [1.29, 1.82) is 0 Å². The molecule has 0 saturated heterocycles.